The fourth-order valence-corrected chi connectivity index (χ4v) is 2.62. The van der Waals surface area contributed by atoms with Gasteiger partial charge in [-0.3, -0.25) is 14.5 Å². The fourth-order valence-electron chi connectivity index (χ4n) is 1.92. The molecular formula is C12H6F2N2O3S. The van der Waals surface area contributed by atoms with Crippen LogP contribution in [-0.2, 0) is 0 Å². The summed E-state index contributed by atoms with van der Waals surface area (Å²) in [5, 5.41) is 3.31. The number of aromatic nitrogens is 1. The topological polar surface area (TPSA) is 63.4 Å². The summed E-state index contributed by atoms with van der Waals surface area (Å²) in [7, 11) is 0. The lowest BCUT2D eigenvalue weighted by molar-refractivity contribution is 0.111. The smallest absolute Gasteiger partial charge is 0.292 e. The molecule has 1 fully saturated rings. The predicted octanol–water partition coefficient (Wildman–Crippen LogP) is 3.11. The maximum Gasteiger partial charge on any atom is 0.292 e. The highest BCUT2D eigenvalue weighted by molar-refractivity contribution is 8.17. The molecule has 102 valence electrons. The van der Waals surface area contributed by atoms with Gasteiger partial charge in [-0.05, 0) is 17.8 Å². The molecular weight excluding hydrogens is 290 g/mol. The molecule has 1 aromatic carbocycles. The fraction of sp³-hybridized carbons (Fsp3) is 0.0833. The van der Waals surface area contributed by atoms with Gasteiger partial charge in [0.1, 0.15) is 0 Å². The van der Waals surface area contributed by atoms with Crippen LogP contribution in [0.5, 0.6) is 0 Å². The van der Waals surface area contributed by atoms with E-state index in [-0.39, 0.29) is 29.3 Å². The zero-order valence-electron chi connectivity index (χ0n) is 9.85. The Morgan fingerprint density at radius 1 is 1.45 bits per heavy atom. The van der Waals surface area contributed by atoms with Gasteiger partial charge >= 0.3 is 0 Å². The van der Waals surface area contributed by atoms with Crippen molar-refractivity contribution in [2.45, 2.75) is 0 Å². The van der Waals surface area contributed by atoms with Crippen LogP contribution in [0.2, 0.25) is 0 Å². The number of carbonyl (C=O) groups excluding carboxylic acids is 2. The Labute approximate surface area is 115 Å². The Morgan fingerprint density at radius 2 is 2.20 bits per heavy atom. The first-order valence-electron chi connectivity index (χ1n) is 5.42. The first kappa shape index (κ1) is 12.8. The Hall–Kier alpha value is -2.22. The van der Waals surface area contributed by atoms with E-state index in [0.717, 1.165) is 17.8 Å². The predicted molar refractivity (Wildman–Crippen MR) is 68.8 cm³/mol. The van der Waals surface area contributed by atoms with Crippen molar-refractivity contribution >= 4 is 40.1 Å². The summed E-state index contributed by atoms with van der Waals surface area (Å²) >= 11 is 0.926. The molecule has 20 heavy (non-hydrogen) atoms. The second kappa shape index (κ2) is 4.41. The normalized spacial score (nSPS) is 15.4. The molecule has 0 atom stereocenters. The molecule has 1 amide bonds. The molecule has 3 rings (SSSR count). The van der Waals surface area contributed by atoms with E-state index in [9.17, 15) is 18.4 Å². The molecule has 0 saturated carbocycles. The molecule has 0 spiro atoms. The standard InChI is InChI=1S/C12H6F2N2O3S/c1-5-3-16(12(18)20-5)11-7-2-6(4-17)8(13)9(14)10(7)19-15-11/h2,4H,1,3H2. The minimum absolute atomic E-state index is 0.0400. The van der Waals surface area contributed by atoms with Crippen LogP contribution in [0.15, 0.2) is 22.1 Å². The Bertz CT molecular complexity index is 772. The Morgan fingerprint density at radius 3 is 2.80 bits per heavy atom. The van der Waals surface area contributed by atoms with Gasteiger partial charge in [0, 0.05) is 4.91 Å². The molecule has 0 unspecified atom stereocenters. The van der Waals surface area contributed by atoms with Crippen molar-refractivity contribution in [3.63, 3.8) is 0 Å². The molecule has 0 radical (unpaired) electrons. The average Bonchev–Trinajstić information content (AvgIpc) is 2.96. The number of aldehydes is 1. The number of benzene rings is 1. The summed E-state index contributed by atoms with van der Waals surface area (Å²) < 4.78 is 31.9. The number of nitrogens with zero attached hydrogens (tertiary/aromatic N) is 2. The minimum atomic E-state index is -1.30. The van der Waals surface area contributed by atoms with Crippen molar-refractivity contribution in [3.8, 4) is 0 Å². The molecule has 0 N–H and O–H groups in total. The number of anilines is 1. The van der Waals surface area contributed by atoms with Crippen LogP contribution in [0.1, 0.15) is 10.4 Å². The number of fused-ring (bicyclic) bond motifs is 1. The van der Waals surface area contributed by atoms with Gasteiger partial charge < -0.3 is 4.52 Å². The molecule has 0 aliphatic carbocycles. The van der Waals surface area contributed by atoms with Crippen LogP contribution < -0.4 is 4.90 Å². The summed E-state index contributed by atoms with van der Waals surface area (Å²) in [6, 6.07) is 1.10. The second-order valence-electron chi connectivity index (χ2n) is 4.09. The quantitative estimate of drug-likeness (QED) is 0.797. The third-order valence-corrected chi connectivity index (χ3v) is 3.64. The highest BCUT2D eigenvalue weighted by atomic mass is 32.2. The first-order valence-corrected chi connectivity index (χ1v) is 6.24. The SMILES string of the molecule is C=C1CN(c2noc3c(F)c(F)c(C=O)cc23)C(=O)S1. The lowest BCUT2D eigenvalue weighted by Crippen LogP contribution is -2.22. The second-order valence-corrected chi connectivity index (χ2v) is 5.22. The van der Waals surface area contributed by atoms with Crippen molar-refractivity contribution in [3.05, 3.63) is 34.7 Å². The van der Waals surface area contributed by atoms with Crippen molar-refractivity contribution in [2.24, 2.45) is 0 Å². The number of hydrogen-bond acceptors (Lipinski definition) is 5. The molecule has 1 aromatic heterocycles. The third-order valence-electron chi connectivity index (χ3n) is 2.82. The van der Waals surface area contributed by atoms with Crippen LogP contribution in [0.4, 0.5) is 19.4 Å². The number of hydrogen-bond donors (Lipinski definition) is 0. The van der Waals surface area contributed by atoms with Crippen molar-refractivity contribution in [2.75, 3.05) is 11.4 Å². The van der Waals surface area contributed by atoms with Gasteiger partial charge in [-0.2, -0.15) is 4.39 Å². The average molecular weight is 296 g/mol. The van der Waals surface area contributed by atoms with E-state index < -0.39 is 22.8 Å². The lowest BCUT2D eigenvalue weighted by Gasteiger charge is -2.09. The zero-order valence-corrected chi connectivity index (χ0v) is 10.7. The van der Waals surface area contributed by atoms with Crippen LogP contribution in [-0.4, -0.2) is 23.2 Å². The highest BCUT2D eigenvalue weighted by Crippen LogP contribution is 2.37. The van der Waals surface area contributed by atoms with E-state index in [4.69, 9.17) is 4.52 Å². The monoisotopic (exact) mass is 296 g/mol. The molecule has 2 heterocycles. The first-order chi connectivity index (χ1) is 9.52. The number of rotatable bonds is 2. The molecule has 2 aromatic rings. The van der Waals surface area contributed by atoms with Gasteiger partial charge in [0.2, 0.25) is 11.4 Å². The van der Waals surface area contributed by atoms with E-state index in [1.165, 1.54) is 4.90 Å². The minimum Gasteiger partial charge on any atom is -0.351 e. The summed E-state index contributed by atoms with van der Waals surface area (Å²) in [5.41, 5.74) is -0.893. The maximum absolute atomic E-state index is 13.7. The molecule has 1 aliphatic heterocycles. The van der Waals surface area contributed by atoms with Crippen molar-refractivity contribution in [1.29, 1.82) is 0 Å². The molecule has 1 aliphatic rings. The van der Waals surface area contributed by atoms with Gasteiger partial charge in [0.25, 0.3) is 5.24 Å². The van der Waals surface area contributed by atoms with Crippen molar-refractivity contribution in [1.82, 2.24) is 5.16 Å². The van der Waals surface area contributed by atoms with Crippen molar-refractivity contribution < 1.29 is 22.9 Å². The Balaban J connectivity index is 2.23. The van der Waals surface area contributed by atoms with Gasteiger partial charge in [-0.1, -0.05) is 11.7 Å². The lowest BCUT2D eigenvalue weighted by atomic mass is 10.1. The van der Waals surface area contributed by atoms with E-state index in [1.807, 2.05) is 0 Å². The maximum atomic E-state index is 13.7. The van der Waals surface area contributed by atoms with Gasteiger partial charge in [-0.25, -0.2) is 4.39 Å². The highest BCUT2D eigenvalue weighted by Gasteiger charge is 2.31. The molecule has 8 heteroatoms. The summed E-state index contributed by atoms with van der Waals surface area (Å²) in [5.74, 6) is -2.57. The molecule has 5 nitrogen and oxygen atoms in total. The van der Waals surface area contributed by atoms with Gasteiger partial charge in [-0.15, -0.1) is 0 Å². The van der Waals surface area contributed by atoms with E-state index in [0.29, 0.717) is 4.91 Å². The third kappa shape index (κ3) is 1.72. The number of carbonyl (C=O) groups is 2. The zero-order chi connectivity index (χ0) is 14.4. The van der Waals surface area contributed by atoms with Crippen LogP contribution in [0.3, 0.4) is 0 Å². The van der Waals surface area contributed by atoms with E-state index >= 15 is 0 Å². The summed E-state index contributed by atoms with van der Waals surface area (Å²) in [6.45, 7) is 3.86. The summed E-state index contributed by atoms with van der Waals surface area (Å²) in [4.78, 5) is 24.3. The Kier molecular flexibility index (Phi) is 2.82. The van der Waals surface area contributed by atoms with Crippen LogP contribution in [0, 0.1) is 11.6 Å². The van der Waals surface area contributed by atoms with Gasteiger partial charge in [0.05, 0.1) is 17.5 Å². The number of halogens is 2. The number of amides is 1. The van der Waals surface area contributed by atoms with Crippen LogP contribution in [0.25, 0.3) is 11.0 Å². The van der Waals surface area contributed by atoms with Crippen LogP contribution >= 0.6 is 11.8 Å². The van der Waals surface area contributed by atoms with Gasteiger partial charge in [0.15, 0.2) is 17.9 Å². The molecule has 0 bridgehead atoms. The summed E-state index contributed by atoms with van der Waals surface area (Å²) in [6.07, 6.45) is 0.189. The van der Waals surface area contributed by atoms with E-state index in [1.54, 1.807) is 0 Å². The largest absolute Gasteiger partial charge is 0.351 e. The van der Waals surface area contributed by atoms with E-state index in [2.05, 4.69) is 11.7 Å². The molecule has 1 saturated heterocycles. The number of thioether (sulfide) groups is 1.